The van der Waals surface area contributed by atoms with Crippen molar-refractivity contribution in [1.29, 1.82) is 0 Å². The Labute approximate surface area is 190 Å². The SMILES string of the molecule is Cc1ccc(C(=O)Nc2cccc(C(F)(F)F)c2)cc1Nc1nc(C(=O)O)nc2c1cnn2C. The van der Waals surface area contributed by atoms with Gasteiger partial charge in [0.25, 0.3) is 5.91 Å². The van der Waals surface area contributed by atoms with Crippen molar-refractivity contribution in [2.24, 2.45) is 7.05 Å². The lowest BCUT2D eigenvalue weighted by Crippen LogP contribution is -2.14. The third-order valence-corrected chi connectivity index (χ3v) is 4.98. The highest BCUT2D eigenvalue weighted by Crippen LogP contribution is 2.31. The van der Waals surface area contributed by atoms with Crippen LogP contribution in [0.15, 0.2) is 48.7 Å². The lowest BCUT2D eigenvalue weighted by Gasteiger charge is -2.13. The van der Waals surface area contributed by atoms with Crippen molar-refractivity contribution in [2.75, 3.05) is 10.6 Å². The number of amides is 1. The van der Waals surface area contributed by atoms with Gasteiger partial charge in [0, 0.05) is 24.0 Å². The second-order valence-corrected chi connectivity index (χ2v) is 7.39. The molecule has 0 fully saturated rings. The van der Waals surface area contributed by atoms with Crippen LogP contribution in [-0.2, 0) is 13.2 Å². The molecule has 0 aliphatic heterocycles. The van der Waals surface area contributed by atoms with Gasteiger partial charge in [0.15, 0.2) is 5.65 Å². The molecule has 2 heterocycles. The molecule has 1 amide bonds. The van der Waals surface area contributed by atoms with E-state index in [2.05, 4.69) is 25.7 Å². The molecule has 2 aromatic carbocycles. The van der Waals surface area contributed by atoms with Gasteiger partial charge in [-0.15, -0.1) is 0 Å². The van der Waals surface area contributed by atoms with Gasteiger partial charge < -0.3 is 15.7 Å². The van der Waals surface area contributed by atoms with Gasteiger partial charge >= 0.3 is 12.1 Å². The number of benzene rings is 2. The van der Waals surface area contributed by atoms with Gasteiger partial charge in [0.1, 0.15) is 5.82 Å². The lowest BCUT2D eigenvalue weighted by atomic mass is 10.1. The quantitative estimate of drug-likeness (QED) is 0.396. The Balaban J connectivity index is 1.65. The van der Waals surface area contributed by atoms with Gasteiger partial charge in [-0.25, -0.2) is 14.8 Å². The van der Waals surface area contributed by atoms with E-state index < -0.39 is 29.4 Å². The van der Waals surface area contributed by atoms with Crippen molar-refractivity contribution in [3.05, 3.63) is 71.2 Å². The highest BCUT2D eigenvalue weighted by atomic mass is 19.4. The molecule has 0 saturated carbocycles. The zero-order valence-corrected chi connectivity index (χ0v) is 17.8. The molecule has 9 nitrogen and oxygen atoms in total. The molecule has 0 unspecified atom stereocenters. The summed E-state index contributed by atoms with van der Waals surface area (Å²) in [5, 5.41) is 19.3. The number of carboxylic acid groups (broad SMARTS) is 1. The van der Waals surface area contributed by atoms with E-state index in [4.69, 9.17) is 0 Å². The van der Waals surface area contributed by atoms with E-state index >= 15 is 0 Å². The number of alkyl halides is 3. The monoisotopic (exact) mass is 470 g/mol. The second-order valence-electron chi connectivity index (χ2n) is 7.39. The molecule has 2 aromatic heterocycles. The number of aromatic carboxylic acids is 1. The fraction of sp³-hybridized carbons (Fsp3) is 0.136. The van der Waals surface area contributed by atoms with Gasteiger partial charge in [-0.3, -0.25) is 9.48 Å². The van der Waals surface area contributed by atoms with E-state index in [0.717, 1.165) is 12.1 Å². The maximum Gasteiger partial charge on any atom is 0.416 e. The third kappa shape index (κ3) is 4.51. The van der Waals surface area contributed by atoms with Crippen LogP contribution in [0.5, 0.6) is 0 Å². The zero-order chi connectivity index (χ0) is 24.6. The van der Waals surface area contributed by atoms with E-state index in [0.29, 0.717) is 22.3 Å². The Bertz CT molecular complexity index is 1430. The summed E-state index contributed by atoms with van der Waals surface area (Å²) in [6.07, 6.45) is -3.06. The second kappa shape index (κ2) is 8.46. The van der Waals surface area contributed by atoms with E-state index in [1.165, 1.54) is 35.1 Å². The number of hydrogen-bond donors (Lipinski definition) is 3. The summed E-state index contributed by atoms with van der Waals surface area (Å²) in [5.41, 5.74) is 0.732. The van der Waals surface area contributed by atoms with Crippen LogP contribution < -0.4 is 10.6 Å². The van der Waals surface area contributed by atoms with Crippen LogP contribution >= 0.6 is 0 Å². The minimum absolute atomic E-state index is 0.00567. The summed E-state index contributed by atoms with van der Waals surface area (Å²) in [4.78, 5) is 32.2. The van der Waals surface area contributed by atoms with Crippen molar-refractivity contribution in [1.82, 2.24) is 19.7 Å². The van der Waals surface area contributed by atoms with Crippen LogP contribution in [0.25, 0.3) is 11.0 Å². The molecule has 174 valence electrons. The van der Waals surface area contributed by atoms with Gasteiger partial charge in [-0.05, 0) is 42.8 Å². The number of hydrogen-bond acceptors (Lipinski definition) is 6. The Hall–Kier alpha value is -4.48. The molecule has 34 heavy (non-hydrogen) atoms. The fourth-order valence-corrected chi connectivity index (χ4v) is 3.22. The van der Waals surface area contributed by atoms with E-state index in [-0.39, 0.29) is 17.1 Å². The molecule has 0 aliphatic carbocycles. The predicted octanol–water partition coefficient (Wildman–Crippen LogP) is 4.38. The maximum absolute atomic E-state index is 12.9. The standard InChI is InChI=1S/C22H17F3N6O3/c1-11-6-7-12(20(32)27-14-5-3-4-13(9-14)22(23,24)25)8-16(11)28-17-15-10-26-31(2)19(15)30-18(29-17)21(33)34/h3-10H,1-2H3,(H,27,32)(H,33,34)(H,28,29,30). The van der Waals surface area contributed by atoms with Crippen LogP contribution in [-0.4, -0.2) is 36.7 Å². The summed E-state index contributed by atoms with van der Waals surface area (Å²) in [6, 6.07) is 8.97. The number of halogens is 3. The topological polar surface area (TPSA) is 122 Å². The predicted molar refractivity (Wildman–Crippen MR) is 117 cm³/mol. The number of fused-ring (bicyclic) bond motifs is 1. The summed E-state index contributed by atoms with van der Waals surface area (Å²) in [7, 11) is 1.61. The first-order valence-corrected chi connectivity index (χ1v) is 9.82. The number of carbonyl (C=O) groups is 2. The Kier molecular flexibility index (Phi) is 5.65. The van der Waals surface area contributed by atoms with Crippen molar-refractivity contribution in [3.8, 4) is 0 Å². The number of carboxylic acids is 1. The van der Waals surface area contributed by atoms with Gasteiger partial charge in [-0.1, -0.05) is 12.1 Å². The zero-order valence-electron chi connectivity index (χ0n) is 17.8. The molecule has 0 atom stereocenters. The Morgan fingerprint density at radius 1 is 1.09 bits per heavy atom. The number of aromatic nitrogens is 4. The summed E-state index contributed by atoms with van der Waals surface area (Å²) in [6.45, 7) is 1.76. The largest absolute Gasteiger partial charge is 0.475 e. The summed E-state index contributed by atoms with van der Waals surface area (Å²) in [5.74, 6) is -2.20. The van der Waals surface area contributed by atoms with Gasteiger partial charge in [0.05, 0.1) is 17.1 Å². The average Bonchev–Trinajstić information content (AvgIpc) is 3.15. The maximum atomic E-state index is 12.9. The molecule has 4 rings (SSSR count). The van der Waals surface area contributed by atoms with Crippen molar-refractivity contribution < 1.29 is 27.9 Å². The molecule has 0 bridgehead atoms. The highest BCUT2D eigenvalue weighted by molar-refractivity contribution is 6.05. The Morgan fingerprint density at radius 2 is 1.85 bits per heavy atom. The number of anilines is 3. The molecule has 0 radical (unpaired) electrons. The van der Waals surface area contributed by atoms with Gasteiger partial charge in [0.2, 0.25) is 5.82 Å². The molecule has 0 saturated heterocycles. The number of aryl methyl sites for hydroxylation is 2. The van der Waals surface area contributed by atoms with Crippen LogP contribution in [0.1, 0.15) is 32.1 Å². The van der Waals surface area contributed by atoms with Crippen LogP contribution in [0.2, 0.25) is 0 Å². The minimum atomic E-state index is -4.54. The normalized spacial score (nSPS) is 11.4. The minimum Gasteiger partial charge on any atom is -0.475 e. The van der Waals surface area contributed by atoms with E-state index in [1.807, 2.05) is 0 Å². The molecule has 0 aliphatic rings. The number of carbonyl (C=O) groups excluding carboxylic acids is 1. The van der Waals surface area contributed by atoms with E-state index in [1.54, 1.807) is 20.0 Å². The fourth-order valence-electron chi connectivity index (χ4n) is 3.22. The molecular formula is C22H17F3N6O3. The first-order chi connectivity index (χ1) is 16.0. The first kappa shape index (κ1) is 22.7. The van der Waals surface area contributed by atoms with Crippen molar-refractivity contribution in [2.45, 2.75) is 13.1 Å². The number of nitrogens with one attached hydrogen (secondary N) is 2. The highest BCUT2D eigenvalue weighted by Gasteiger charge is 2.30. The summed E-state index contributed by atoms with van der Waals surface area (Å²) < 4.78 is 40.3. The lowest BCUT2D eigenvalue weighted by molar-refractivity contribution is -0.137. The smallest absolute Gasteiger partial charge is 0.416 e. The third-order valence-electron chi connectivity index (χ3n) is 4.98. The number of nitrogens with zero attached hydrogens (tertiary/aromatic N) is 4. The summed E-state index contributed by atoms with van der Waals surface area (Å²) >= 11 is 0. The molecule has 3 N–H and O–H groups in total. The van der Waals surface area contributed by atoms with Crippen LogP contribution in [0, 0.1) is 6.92 Å². The first-order valence-electron chi connectivity index (χ1n) is 9.82. The van der Waals surface area contributed by atoms with Crippen molar-refractivity contribution in [3.63, 3.8) is 0 Å². The molecule has 4 aromatic rings. The molecule has 0 spiro atoms. The van der Waals surface area contributed by atoms with Gasteiger partial charge in [-0.2, -0.15) is 18.3 Å². The average molecular weight is 470 g/mol. The number of rotatable bonds is 5. The van der Waals surface area contributed by atoms with E-state index in [9.17, 15) is 27.9 Å². The Morgan fingerprint density at radius 3 is 2.56 bits per heavy atom. The van der Waals surface area contributed by atoms with Crippen LogP contribution in [0.4, 0.5) is 30.4 Å². The molecular weight excluding hydrogens is 453 g/mol. The van der Waals surface area contributed by atoms with Crippen molar-refractivity contribution >= 4 is 40.1 Å². The van der Waals surface area contributed by atoms with Crippen LogP contribution in [0.3, 0.4) is 0 Å². The molecule has 12 heteroatoms.